The van der Waals surface area contributed by atoms with E-state index in [1.54, 1.807) is 7.11 Å². The minimum Gasteiger partial charge on any atom is -0.493 e. The smallest absolute Gasteiger partial charge is 0.191 e. The Bertz CT molecular complexity index is 777. The Morgan fingerprint density at radius 1 is 1.10 bits per heavy atom. The first-order valence-electron chi connectivity index (χ1n) is 10.3. The number of aromatic nitrogens is 1. The van der Waals surface area contributed by atoms with Gasteiger partial charge in [0.25, 0.3) is 0 Å². The third kappa shape index (κ3) is 8.11. The lowest BCUT2D eigenvalue weighted by Gasteiger charge is -2.14. The number of rotatable bonds is 11. The van der Waals surface area contributed by atoms with Gasteiger partial charge in [-0.3, -0.25) is 4.98 Å². The highest BCUT2D eigenvalue weighted by Crippen LogP contribution is 2.21. The molecule has 6 nitrogen and oxygen atoms in total. The van der Waals surface area contributed by atoms with E-state index in [9.17, 15) is 0 Å². The van der Waals surface area contributed by atoms with E-state index in [0.717, 1.165) is 43.2 Å². The van der Waals surface area contributed by atoms with E-state index in [1.165, 1.54) is 16.7 Å². The van der Waals surface area contributed by atoms with Gasteiger partial charge in [-0.1, -0.05) is 12.1 Å². The van der Waals surface area contributed by atoms with Crippen molar-refractivity contribution in [3.63, 3.8) is 0 Å². The van der Waals surface area contributed by atoms with Crippen LogP contribution in [0.25, 0.3) is 0 Å². The van der Waals surface area contributed by atoms with Gasteiger partial charge in [0, 0.05) is 51.2 Å². The van der Waals surface area contributed by atoms with Gasteiger partial charge in [0.15, 0.2) is 5.96 Å². The van der Waals surface area contributed by atoms with Crippen molar-refractivity contribution < 1.29 is 9.47 Å². The maximum atomic E-state index is 5.97. The minimum absolute atomic E-state index is 0.559. The molecule has 2 N–H and O–H groups in total. The molecule has 1 heterocycles. The van der Waals surface area contributed by atoms with Gasteiger partial charge in [0.1, 0.15) is 5.75 Å². The molecule has 2 aromatic rings. The summed E-state index contributed by atoms with van der Waals surface area (Å²) in [5.41, 5.74) is 4.77. The summed E-state index contributed by atoms with van der Waals surface area (Å²) in [4.78, 5) is 8.90. The van der Waals surface area contributed by atoms with Gasteiger partial charge in [0.05, 0.1) is 13.2 Å². The van der Waals surface area contributed by atoms with Gasteiger partial charge >= 0.3 is 0 Å². The lowest BCUT2D eigenvalue weighted by Crippen LogP contribution is -2.38. The maximum Gasteiger partial charge on any atom is 0.191 e. The summed E-state index contributed by atoms with van der Waals surface area (Å²) >= 11 is 0. The summed E-state index contributed by atoms with van der Waals surface area (Å²) in [5.74, 6) is 1.71. The van der Waals surface area contributed by atoms with Crippen LogP contribution < -0.4 is 15.4 Å². The topological polar surface area (TPSA) is 67.8 Å². The zero-order valence-corrected chi connectivity index (χ0v) is 18.1. The Hall–Kier alpha value is -2.60. The first-order valence-corrected chi connectivity index (χ1v) is 10.3. The Morgan fingerprint density at radius 3 is 2.72 bits per heavy atom. The third-order valence-corrected chi connectivity index (χ3v) is 4.55. The zero-order chi connectivity index (χ0) is 20.9. The highest BCUT2D eigenvalue weighted by atomic mass is 16.5. The average molecular weight is 399 g/mol. The number of nitrogens with one attached hydrogen (secondary N) is 2. The second-order valence-electron chi connectivity index (χ2n) is 6.98. The van der Waals surface area contributed by atoms with Gasteiger partial charge in [-0.15, -0.1) is 0 Å². The number of hydrogen-bond acceptors (Lipinski definition) is 4. The molecule has 0 unspecified atom stereocenters. The van der Waals surface area contributed by atoms with Crippen LogP contribution in [0.4, 0.5) is 0 Å². The highest BCUT2D eigenvalue weighted by Gasteiger charge is 2.06. The van der Waals surface area contributed by atoms with E-state index >= 15 is 0 Å². The zero-order valence-electron chi connectivity index (χ0n) is 18.1. The second kappa shape index (κ2) is 12.8. The van der Waals surface area contributed by atoms with Crippen molar-refractivity contribution in [3.8, 4) is 5.75 Å². The molecular weight excluding hydrogens is 364 g/mol. The Kier molecular flexibility index (Phi) is 10.00. The predicted octanol–water partition coefficient (Wildman–Crippen LogP) is 3.41. The summed E-state index contributed by atoms with van der Waals surface area (Å²) in [6.07, 6.45) is 5.54. The van der Waals surface area contributed by atoms with Crippen LogP contribution in [0.3, 0.4) is 0 Å². The van der Waals surface area contributed by atoms with Crippen LogP contribution in [0.1, 0.15) is 35.6 Å². The number of benzene rings is 1. The lowest BCUT2D eigenvalue weighted by atomic mass is 10.1. The molecule has 6 heteroatoms. The van der Waals surface area contributed by atoms with E-state index in [1.807, 2.05) is 12.4 Å². The molecule has 0 spiro atoms. The molecule has 0 fully saturated rings. The van der Waals surface area contributed by atoms with Gasteiger partial charge in [-0.05, 0) is 56.0 Å². The first-order chi connectivity index (χ1) is 14.1. The summed E-state index contributed by atoms with van der Waals surface area (Å²) in [6.45, 7) is 9.75. The van der Waals surface area contributed by atoms with Crippen molar-refractivity contribution >= 4 is 5.96 Å². The Labute approximate surface area is 174 Å². The molecule has 0 radical (unpaired) electrons. The fraction of sp³-hybridized carbons (Fsp3) is 0.478. The standard InChI is InChI=1S/C23H34N4O2/c1-5-25-23(26-12-10-20-9-11-24-16-19(20)3)27-17-21-8-7-18(2)15-22(21)29-14-6-13-28-4/h7-9,11,15-16H,5-6,10,12-14,17H2,1-4H3,(H2,25,26,27). The Balaban J connectivity index is 1.97. The van der Waals surface area contributed by atoms with E-state index in [0.29, 0.717) is 19.8 Å². The van der Waals surface area contributed by atoms with E-state index in [-0.39, 0.29) is 0 Å². The maximum absolute atomic E-state index is 5.97. The van der Waals surface area contributed by atoms with Crippen LogP contribution in [-0.4, -0.2) is 44.4 Å². The van der Waals surface area contributed by atoms with Gasteiger partial charge < -0.3 is 20.1 Å². The summed E-state index contributed by atoms with van der Waals surface area (Å²) in [5, 5.41) is 6.73. The number of nitrogens with zero attached hydrogens (tertiary/aromatic N) is 2. The van der Waals surface area contributed by atoms with Crippen molar-refractivity contribution in [2.24, 2.45) is 4.99 Å². The molecule has 0 aliphatic rings. The second-order valence-corrected chi connectivity index (χ2v) is 6.98. The predicted molar refractivity (Wildman–Crippen MR) is 119 cm³/mol. The van der Waals surface area contributed by atoms with Crippen LogP contribution in [0.5, 0.6) is 5.75 Å². The molecule has 0 bridgehead atoms. The van der Waals surface area contributed by atoms with Gasteiger partial charge in [0.2, 0.25) is 0 Å². The van der Waals surface area contributed by atoms with Crippen LogP contribution >= 0.6 is 0 Å². The number of guanidine groups is 1. The highest BCUT2D eigenvalue weighted by molar-refractivity contribution is 5.79. The summed E-state index contributed by atoms with van der Waals surface area (Å²) in [7, 11) is 1.71. The number of hydrogen-bond donors (Lipinski definition) is 2. The van der Waals surface area contributed by atoms with Crippen LogP contribution in [0, 0.1) is 13.8 Å². The summed E-state index contributed by atoms with van der Waals surface area (Å²) < 4.78 is 11.1. The number of ether oxygens (including phenoxy) is 2. The number of pyridine rings is 1. The molecule has 0 amide bonds. The monoisotopic (exact) mass is 398 g/mol. The minimum atomic E-state index is 0.559. The van der Waals surface area contributed by atoms with Crippen molar-refractivity contribution in [2.75, 3.05) is 33.4 Å². The van der Waals surface area contributed by atoms with Crippen LogP contribution in [0.2, 0.25) is 0 Å². The average Bonchev–Trinajstić information content (AvgIpc) is 2.72. The van der Waals surface area contributed by atoms with Crippen molar-refractivity contribution in [1.29, 1.82) is 0 Å². The van der Waals surface area contributed by atoms with Gasteiger partial charge in [-0.2, -0.15) is 0 Å². The molecule has 158 valence electrons. The number of aryl methyl sites for hydroxylation is 2. The van der Waals surface area contributed by atoms with Crippen molar-refractivity contribution in [3.05, 3.63) is 58.9 Å². The van der Waals surface area contributed by atoms with Crippen molar-refractivity contribution in [1.82, 2.24) is 15.6 Å². The van der Waals surface area contributed by atoms with Crippen LogP contribution in [-0.2, 0) is 17.7 Å². The fourth-order valence-electron chi connectivity index (χ4n) is 2.92. The Morgan fingerprint density at radius 2 is 1.97 bits per heavy atom. The molecule has 2 rings (SSSR count). The molecule has 0 atom stereocenters. The van der Waals surface area contributed by atoms with E-state index < -0.39 is 0 Å². The first kappa shape index (κ1) is 22.7. The molecular formula is C23H34N4O2. The van der Waals surface area contributed by atoms with E-state index in [2.05, 4.69) is 60.7 Å². The number of methoxy groups -OCH3 is 1. The SMILES string of the molecule is CCNC(=NCc1ccc(C)cc1OCCCOC)NCCc1ccncc1C. The normalized spacial score (nSPS) is 11.4. The molecule has 0 aliphatic carbocycles. The summed E-state index contributed by atoms with van der Waals surface area (Å²) in [6, 6.07) is 8.33. The van der Waals surface area contributed by atoms with Gasteiger partial charge in [-0.25, -0.2) is 4.99 Å². The van der Waals surface area contributed by atoms with E-state index in [4.69, 9.17) is 14.5 Å². The van der Waals surface area contributed by atoms with Crippen LogP contribution in [0.15, 0.2) is 41.7 Å². The molecule has 0 saturated carbocycles. The molecule has 1 aromatic carbocycles. The largest absolute Gasteiger partial charge is 0.493 e. The molecule has 29 heavy (non-hydrogen) atoms. The lowest BCUT2D eigenvalue weighted by molar-refractivity contribution is 0.172. The quantitative estimate of drug-likeness (QED) is 0.345. The third-order valence-electron chi connectivity index (χ3n) is 4.55. The molecule has 0 saturated heterocycles. The number of aliphatic imine (C=N–C) groups is 1. The molecule has 1 aromatic heterocycles. The van der Waals surface area contributed by atoms with Crippen molar-refractivity contribution in [2.45, 2.75) is 40.2 Å². The molecule has 0 aliphatic heterocycles. The fourth-order valence-corrected chi connectivity index (χ4v) is 2.92.